The van der Waals surface area contributed by atoms with Crippen LogP contribution in [0.15, 0.2) is 36.5 Å². The minimum atomic E-state index is -0.765. The van der Waals surface area contributed by atoms with Crippen molar-refractivity contribution < 1.29 is 28.6 Å². The maximum atomic E-state index is 12.8. The molecule has 440 valence electrons. The Kier molecular flexibility index (Phi) is 62.1. The Balaban J connectivity index is 3.94. The van der Waals surface area contributed by atoms with E-state index in [1.165, 1.54) is 250 Å². The van der Waals surface area contributed by atoms with E-state index in [1.807, 2.05) is 0 Å². The van der Waals surface area contributed by atoms with E-state index >= 15 is 0 Å². The van der Waals surface area contributed by atoms with E-state index < -0.39 is 6.10 Å². The summed E-state index contributed by atoms with van der Waals surface area (Å²) in [6.45, 7) is 6.61. The molecule has 6 heteroatoms. The maximum absolute atomic E-state index is 12.8. The van der Waals surface area contributed by atoms with Gasteiger partial charge in [-0.2, -0.15) is 0 Å². The van der Waals surface area contributed by atoms with Crippen molar-refractivity contribution >= 4 is 17.9 Å². The Morgan fingerprint density at radius 2 is 0.480 bits per heavy atom. The third kappa shape index (κ3) is 62.4. The highest BCUT2D eigenvalue weighted by Gasteiger charge is 2.19. The number of ether oxygens (including phenoxy) is 3. The normalized spacial score (nSPS) is 12.2. The zero-order valence-electron chi connectivity index (χ0n) is 50.6. The molecule has 0 bridgehead atoms. The lowest BCUT2D eigenvalue weighted by Crippen LogP contribution is -2.30. The molecule has 0 spiro atoms. The minimum absolute atomic E-state index is 0.0670. The van der Waals surface area contributed by atoms with Crippen LogP contribution in [0.2, 0.25) is 0 Å². The largest absolute Gasteiger partial charge is 0.462 e. The Bertz CT molecular complexity index is 1250. The minimum Gasteiger partial charge on any atom is -0.462 e. The van der Waals surface area contributed by atoms with Gasteiger partial charge in [0.2, 0.25) is 0 Å². The van der Waals surface area contributed by atoms with Gasteiger partial charge in [-0.3, -0.25) is 14.4 Å². The van der Waals surface area contributed by atoms with E-state index in [9.17, 15) is 14.4 Å². The Hall–Kier alpha value is -2.37. The standard InChI is InChI=1S/C69H128O6/c1-4-7-10-13-15-17-19-21-23-25-27-29-30-31-32-33-34-35-36-37-38-40-41-43-45-47-49-51-53-56-59-62-68(71)74-65-66(64-73-67(70)61-58-55-12-9-6-3)75-69(72)63-60-57-54-52-50-48-46-44-42-39-28-26-24-22-20-18-16-14-11-8-5-2/h19,21,25,27,30-31,66H,4-18,20,22-24,26,28-29,32-65H2,1-3H3/b21-19-,27-25-,31-30-. The summed E-state index contributed by atoms with van der Waals surface area (Å²) in [4.78, 5) is 37.9. The molecular weight excluding hydrogens is 925 g/mol. The van der Waals surface area contributed by atoms with E-state index in [4.69, 9.17) is 14.2 Å². The topological polar surface area (TPSA) is 78.9 Å². The molecule has 0 heterocycles. The van der Waals surface area contributed by atoms with Crippen LogP contribution in [-0.4, -0.2) is 37.2 Å². The fourth-order valence-electron chi connectivity index (χ4n) is 10.1. The number of carbonyl (C=O) groups is 3. The maximum Gasteiger partial charge on any atom is 0.306 e. The van der Waals surface area contributed by atoms with Crippen LogP contribution >= 0.6 is 0 Å². The zero-order chi connectivity index (χ0) is 54.3. The van der Waals surface area contributed by atoms with E-state index in [0.29, 0.717) is 19.3 Å². The van der Waals surface area contributed by atoms with Crippen LogP contribution in [0.4, 0.5) is 0 Å². The van der Waals surface area contributed by atoms with Crippen molar-refractivity contribution in [2.75, 3.05) is 13.2 Å². The second-order valence-corrected chi connectivity index (χ2v) is 22.7. The molecule has 75 heavy (non-hydrogen) atoms. The number of hydrogen-bond donors (Lipinski definition) is 0. The highest BCUT2D eigenvalue weighted by molar-refractivity contribution is 5.71. The van der Waals surface area contributed by atoms with E-state index in [1.54, 1.807) is 0 Å². The molecule has 0 rings (SSSR count). The third-order valence-corrected chi connectivity index (χ3v) is 15.1. The average Bonchev–Trinajstić information content (AvgIpc) is 3.41. The first-order chi connectivity index (χ1) is 37.0. The number of carbonyl (C=O) groups excluding carboxylic acids is 3. The van der Waals surface area contributed by atoms with Gasteiger partial charge >= 0.3 is 17.9 Å². The summed E-state index contributed by atoms with van der Waals surface area (Å²) in [6, 6.07) is 0. The second-order valence-electron chi connectivity index (χ2n) is 22.7. The SMILES string of the molecule is CCCCCCC/C=C\C/C=C\C/C=C\CCCCCCCCCCCCCCCCCCC(=O)OCC(COC(=O)CCCCCCC)OC(=O)CCCCCCCCCCCCCCCCCCCCCCC. The average molecular weight is 1050 g/mol. The van der Waals surface area contributed by atoms with Crippen molar-refractivity contribution in [2.45, 2.75) is 374 Å². The predicted molar refractivity (Wildman–Crippen MR) is 326 cm³/mol. The fraction of sp³-hybridized carbons (Fsp3) is 0.870. The lowest BCUT2D eigenvalue weighted by atomic mass is 10.0. The van der Waals surface area contributed by atoms with Crippen molar-refractivity contribution in [3.63, 3.8) is 0 Å². The van der Waals surface area contributed by atoms with E-state index in [0.717, 1.165) is 77.0 Å². The van der Waals surface area contributed by atoms with Crippen LogP contribution in [0.25, 0.3) is 0 Å². The summed E-state index contributed by atoms with van der Waals surface area (Å²) in [6.07, 6.45) is 79.3. The zero-order valence-corrected chi connectivity index (χ0v) is 50.6. The highest BCUT2D eigenvalue weighted by Crippen LogP contribution is 2.18. The quantitative estimate of drug-likeness (QED) is 0.0261. The van der Waals surface area contributed by atoms with Crippen molar-refractivity contribution in [1.29, 1.82) is 0 Å². The molecule has 0 saturated heterocycles. The monoisotopic (exact) mass is 1050 g/mol. The van der Waals surface area contributed by atoms with Crippen LogP contribution in [0, 0.1) is 0 Å². The van der Waals surface area contributed by atoms with E-state index in [-0.39, 0.29) is 31.1 Å². The van der Waals surface area contributed by atoms with Gasteiger partial charge in [0.05, 0.1) is 0 Å². The molecule has 1 unspecified atom stereocenters. The van der Waals surface area contributed by atoms with Gasteiger partial charge in [0.1, 0.15) is 13.2 Å². The van der Waals surface area contributed by atoms with Gasteiger partial charge in [-0.25, -0.2) is 0 Å². The van der Waals surface area contributed by atoms with Crippen LogP contribution < -0.4 is 0 Å². The molecule has 0 aromatic rings. The summed E-state index contributed by atoms with van der Waals surface area (Å²) in [7, 11) is 0. The first kappa shape index (κ1) is 72.6. The summed E-state index contributed by atoms with van der Waals surface area (Å²) in [5.74, 6) is -0.857. The molecule has 0 fully saturated rings. The summed E-state index contributed by atoms with van der Waals surface area (Å²) >= 11 is 0. The molecule has 1 atom stereocenters. The highest BCUT2D eigenvalue weighted by atomic mass is 16.6. The lowest BCUT2D eigenvalue weighted by molar-refractivity contribution is -0.167. The van der Waals surface area contributed by atoms with Gasteiger partial charge in [-0.15, -0.1) is 0 Å². The summed E-state index contributed by atoms with van der Waals surface area (Å²) < 4.78 is 16.8. The molecule has 6 nitrogen and oxygen atoms in total. The summed E-state index contributed by atoms with van der Waals surface area (Å²) in [5.41, 5.74) is 0. The molecule has 0 aliphatic heterocycles. The molecule has 0 saturated carbocycles. The number of rotatable bonds is 62. The van der Waals surface area contributed by atoms with Gasteiger partial charge in [-0.1, -0.05) is 327 Å². The van der Waals surface area contributed by atoms with Crippen LogP contribution in [0.1, 0.15) is 367 Å². The Morgan fingerprint density at radius 3 is 0.747 bits per heavy atom. The molecule has 0 amide bonds. The number of allylic oxidation sites excluding steroid dienone is 6. The van der Waals surface area contributed by atoms with Crippen molar-refractivity contribution in [2.24, 2.45) is 0 Å². The molecule has 0 aromatic heterocycles. The van der Waals surface area contributed by atoms with Crippen molar-refractivity contribution in [3.05, 3.63) is 36.5 Å². The van der Waals surface area contributed by atoms with Gasteiger partial charge < -0.3 is 14.2 Å². The fourth-order valence-corrected chi connectivity index (χ4v) is 10.1. The molecule has 0 aliphatic carbocycles. The first-order valence-corrected chi connectivity index (χ1v) is 33.5. The molecular formula is C69H128O6. The molecule has 0 aliphatic rings. The smallest absolute Gasteiger partial charge is 0.306 e. The van der Waals surface area contributed by atoms with E-state index in [2.05, 4.69) is 57.2 Å². The number of unbranched alkanes of at least 4 members (excludes halogenated alkanes) is 45. The van der Waals surface area contributed by atoms with Crippen LogP contribution in [-0.2, 0) is 28.6 Å². The Morgan fingerprint density at radius 1 is 0.267 bits per heavy atom. The first-order valence-electron chi connectivity index (χ1n) is 33.5. The lowest BCUT2D eigenvalue weighted by Gasteiger charge is -2.18. The predicted octanol–water partition coefficient (Wildman–Crippen LogP) is 22.8. The molecule has 0 aromatic carbocycles. The Labute approximate surface area is 467 Å². The number of esters is 3. The van der Waals surface area contributed by atoms with Gasteiger partial charge in [0, 0.05) is 19.3 Å². The second kappa shape index (κ2) is 64.2. The van der Waals surface area contributed by atoms with Crippen LogP contribution in [0.5, 0.6) is 0 Å². The van der Waals surface area contributed by atoms with Gasteiger partial charge in [-0.05, 0) is 57.8 Å². The third-order valence-electron chi connectivity index (χ3n) is 15.1. The van der Waals surface area contributed by atoms with Crippen molar-refractivity contribution in [1.82, 2.24) is 0 Å². The van der Waals surface area contributed by atoms with Gasteiger partial charge in [0.25, 0.3) is 0 Å². The number of hydrogen-bond acceptors (Lipinski definition) is 6. The summed E-state index contributed by atoms with van der Waals surface area (Å²) in [5, 5.41) is 0. The van der Waals surface area contributed by atoms with Gasteiger partial charge in [0.15, 0.2) is 6.10 Å². The molecule has 0 N–H and O–H groups in total. The molecule has 0 radical (unpaired) electrons. The van der Waals surface area contributed by atoms with Crippen LogP contribution in [0.3, 0.4) is 0 Å². The van der Waals surface area contributed by atoms with Crippen molar-refractivity contribution in [3.8, 4) is 0 Å².